The highest BCUT2D eigenvalue weighted by Gasteiger charge is 2.06. The SMILES string of the molecule is CCCOc1ccc(CNCC)c(OCOC)c1. The first-order valence-electron chi connectivity index (χ1n) is 6.40. The molecule has 0 fully saturated rings. The van der Waals surface area contributed by atoms with Crippen molar-refractivity contribution in [3.8, 4) is 11.5 Å². The Morgan fingerprint density at radius 1 is 1.17 bits per heavy atom. The second-order valence-corrected chi connectivity index (χ2v) is 3.95. The summed E-state index contributed by atoms with van der Waals surface area (Å²) in [5, 5.41) is 3.28. The van der Waals surface area contributed by atoms with E-state index in [1.165, 1.54) is 0 Å². The van der Waals surface area contributed by atoms with Crippen LogP contribution in [0.3, 0.4) is 0 Å². The summed E-state index contributed by atoms with van der Waals surface area (Å²) in [6.07, 6.45) is 0.993. The fourth-order valence-electron chi connectivity index (χ4n) is 1.51. The Hall–Kier alpha value is -1.26. The molecule has 0 aromatic heterocycles. The van der Waals surface area contributed by atoms with Gasteiger partial charge in [-0.1, -0.05) is 19.9 Å². The van der Waals surface area contributed by atoms with Gasteiger partial charge in [0.2, 0.25) is 0 Å². The van der Waals surface area contributed by atoms with E-state index in [9.17, 15) is 0 Å². The van der Waals surface area contributed by atoms with E-state index in [0.29, 0.717) is 0 Å². The fourth-order valence-corrected chi connectivity index (χ4v) is 1.51. The lowest BCUT2D eigenvalue weighted by molar-refractivity contribution is 0.0501. The Morgan fingerprint density at radius 2 is 2.00 bits per heavy atom. The van der Waals surface area contributed by atoms with E-state index < -0.39 is 0 Å². The average molecular weight is 253 g/mol. The molecule has 0 amide bonds. The van der Waals surface area contributed by atoms with Crippen LogP contribution in [0, 0.1) is 0 Å². The van der Waals surface area contributed by atoms with Gasteiger partial charge in [-0.25, -0.2) is 0 Å². The van der Waals surface area contributed by atoms with Crippen molar-refractivity contribution in [1.82, 2.24) is 5.32 Å². The minimum Gasteiger partial charge on any atom is -0.493 e. The Labute approximate surface area is 109 Å². The number of hydrogen-bond acceptors (Lipinski definition) is 4. The van der Waals surface area contributed by atoms with E-state index in [-0.39, 0.29) is 6.79 Å². The lowest BCUT2D eigenvalue weighted by atomic mass is 10.2. The summed E-state index contributed by atoms with van der Waals surface area (Å²) in [4.78, 5) is 0. The first-order chi connectivity index (χ1) is 8.81. The van der Waals surface area contributed by atoms with Crippen LogP contribution in [0.1, 0.15) is 25.8 Å². The summed E-state index contributed by atoms with van der Waals surface area (Å²) in [6, 6.07) is 5.92. The van der Waals surface area contributed by atoms with Crippen LogP contribution >= 0.6 is 0 Å². The van der Waals surface area contributed by atoms with Crippen molar-refractivity contribution in [3.05, 3.63) is 23.8 Å². The number of benzene rings is 1. The van der Waals surface area contributed by atoms with Crippen molar-refractivity contribution >= 4 is 0 Å². The molecule has 0 saturated carbocycles. The monoisotopic (exact) mass is 253 g/mol. The Kier molecular flexibility index (Phi) is 7.22. The van der Waals surface area contributed by atoms with Crippen molar-refractivity contribution < 1.29 is 14.2 Å². The molecule has 1 aromatic rings. The van der Waals surface area contributed by atoms with Gasteiger partial charge in [0, 0.05) is 25.3 Å². The fraction of sp³-hybridized carbons (Fsp3) is 0.571. The molecule has 0 heterocycles. The first kappa shape index (κ1) is 14.8. The molecule has 4 heteroatoms. The lowest BCUT2D eigenvalue weighted by Gasteiger charge is -2.13. The Balaban J connectivity index is 2.74. The standard InChI is InChI=1S/C14H23NO3/c1-4-8-17-13-7-6-12(10-15-5-2)14(9-13)18-11-16-3/h6-7,9,15H,4-5,8,10-11H2,1-3H3. The van der Waals surface area contributed by atoms with Crippen LogP contribution in [-0.2, 0) is 11.3 Å². The summed E-state index contributed by atoms with van der Waals surface area (Å²) >= 11 is 0. The number of hydrogen-bond donors (Lipinski definition) is 1. The second kappa shape index (κ2) is 8.78. The van der Waals surface area contributed by atoms with Gasteiger partial charge in [-0.3, -0.25) is 0 Å². The molecule has 0 aliphatic carbocycles. The van der Waals surface area contributed by atoms with Crippen LogP contribution in [0.4, 0.5) is 0 Å². The normalized spacial score (nSPS) is 10.4. The van der Waals surface area contributed by atoms with Crippen molar-refractivity contribution in [2.75, 3.05) is 27.1 Å². The van der Waals surface area contributed by atoms with Crippen LogP contribution in [0.15, 0.2) is 18.2 Å². The van der Waals surface area contributed by atoms with Gasteiger partial charge in [-0.15, -0.1) is 0 Å². The van der Waals surface area contributed by atoms with Gasteiger partial charge in [0.15, 0.2) is 6.79 Å². The molecule has 0 aliphatic rings. The predicted octanol–water partition coefficient (Wildman–Crippen LogP) is 2.57. The van der Waals surface area contributed by atoms with E-state index in [1.807, 2.05) is 18.2 Å². The topological polar surface area (TPSA) is 39.7 Å². The highest BCUT2D eigenvalue weighted by atomic mass is 16.7. The summed E-state index contributed by atoms with van der Waals surface area (Å²) in [5.41, 5.74) is 1.11. The molecule has 4 nitrogen and oxygen atoms in total. The third kappa shape index (κ3) is 4.94. The molecule has 1 N–H and O–H groups in total. The molecule has 0 saturated heterocycles. The number of nitrogens with one attached hydrogen (secondary N) is 1. The van der Waals surface area contributed by atoms with Gasteiger partial charge in [-0.05, 0) is 19.0 Å². The highest BCUT2D eigenvalue weighted by molar-refractivity contribution is 5.40. The van der Waals surface area contributed by atoms with Crippen LogP contribution in [0.5, 0.6) is 11.5 Å². The van der Waals surface area contributed by atoms with Gasteiger partial charge in [0.25, 0.3) is 0 Å². The van der Waals surface area contributed by atoms with E-state index in [2.05, 4.69) is 19.2 Å². The van der Waals surface area contributed by atoms with Gasteiger partial charge in [0.05, 0.1) is 6.61 Å². The maximum atomic E-state index is 5.59. The summed E-state index contributed by atoms with van der Waals surface area (Å²) < 4.78 is 16.1. The predicted molar refractivity (Wildman–Crippen MR) is 72.1 cm³/mol. The van der Waals surface area contributed by atoms with Crippen LogP contribution in [0.2, 0.25) is 0 Å². The van der Waals surface area contributed by atoms with Crippen LogP contribution in [0.25, 0.3) is 0 Å². The molecule has 0 radical (unpaired) electrons. The molecule has 0 spiro atoms. The van der Waals surface area contributed by atoms with Gasteiger partial charge in [0.1, 0.15) is 11.5 Å². The quantitative estimate of drug-likeness (QED) is 0.687. The molecular weight excluding hydrogens is 230 g/mol. The van der Waals surface area contributed by atoms with Crippen LogP contribution < -0.4 is 14.8 Å². The molecule has 0 unspecified atom stereocenters. The molecule has 0 atom stereocenters. The third-order valence-electron chi connectivity index (χ3n) is 2.41. The van der Waals surface area contributed by atoms with Gasteiger partial charge in [-0.2, -0.15) is 0 Å². The van der Waals surface area contributed by atoms with E-state index in [1.54, 1.807) is 7.11 Å². The zero-order valence-corrected chi connectivity index (χ0v) is 11.5. The van der Waals surface area contributed by atoms with Crippen molar-refractivity contribution in [2.45, 2.75) is 26.8 Å². The maximum Gasteiger partial charge on any atom is 0.188 e. The molecular formula is C14H23NO3. The molecule has 18 heavy (non-hydrogen) atoms. The van der Waals surface area contributed by atoms with E-state index >= 15 is 0 Å². The molecule has 0 aliphatic heterocycles. The lowest BCUT2D eigenvalue weighted by Crippen LogP contribution is -2.13. The van der Waals surface area contributed by atoms with E-state index in [0.717, 1.165) is 43.2 Å². The highest BCUT2D eigenvalue weighted by Crippen LogP contribution is 2.25. The summed E-state index contributed by atoms with van der Waals surface area (Å²) in [6.45, 7) is 6.84. The zero-order chi connectivity index (χ0) is 13.2. The average Bonchev–Trinajstić information content (AvgIpc) is 2.41. The van der Waals surface area contributed by atoms with Crippen molar-refractivity contribution in [2.24, 2.45) is 0 Å². The molecule has 0 bridgehead atoms. The number of rotatable bonds is 9. The van der Waals surface area contributed by atoms with Crippen molar-refractivity contribution in [1.29, 1.82) is 0 Å². The smallest absolute Gasteiger partial charge is 0.188 e. The first-order valence-corrected chi connectivity index (χ1v) is 6.40. The maximum absolute atomic E-state index is 5.59. The summed E-state index contributed by atoms with van der Waals surface area (Å²) in [5.74, 6) is 1.65. The molecule has 1 aromatic carbocycles. The van der Waals surface area contributed by atoms with Crippen LogP contribution in [-0.4, -0.2) is 27.1 Å². The zero-order valence-electron chi connectivity index (χ0n) is 11.5. The van der Waals surface area contributed by atoms with Gasteiger partial charge >= 0.3 is 0 Å². The second-order valence-electron chi connectivity index (χ2n) is 3.95. The largest absolute Gasteiger partial charge is 0.493 e. The number of ether oxygens (including phenoxy) is 3. The molecule has 102 valence electrons. The number of methoxy groups -OCH3 is 1. The minimum atomic E-state index is 0.246. The van der Waals surface area contributed by atoms with Crippen molar-refractivity contribution in [3.63, 3.8) is 0 Å². The molecule has 1 rings (SSSR count). The Morgan fingerprint density at radius 3 is 2.67 bits per heavy atom. The minimum absolute atomic E-state index is 0.246. The summed E-state index contributed by atoms with van der Waals surface area (Å²) in [7, 11) is 1.61. The third-order valence-corrected chi connectivity index (χ3v) is 2.41. The van der Waals surface area contributed by atoms with Gasteiger partial charge < -0.3 is 19.5 Å². The van der Waals surface area contributed by atoms with E-state index in [4.69, 9.17) is 14.2 Å². The Bertz CT molecular complexity index is 342.